The van der Waals surface area contributed by atoms with Crippen LogP contribution in [0, 0.1) is 0 Å². The first kappa shape index (κ1) is 27.5. The van der Waals surface area contributed by atoms with Crippen molar-refractivity contribution in [2.45, 2.75) is 13.1 Å². The van der Waals surface area contributed by atoms with E-state index in [1.807, 2.05) is 36.4 Å². The van der Waals surface area contributed by atoms with Crippen molar-refractivity contribution >= 4 is 37.0 Å². The number of hydrogen-bond acceptors (Lipinski definition) is 0. The smallest absolute Gasteiger partial charge is 0 e. The van der Waals surface area contributed by atoms with Crippen LogP contribution < -0.4 is 0 Å². The standard InChI is InChI=1S/C18H17Si.C16H14.Zr/c1-19(2)13-14-11-16-9-6-10-17(18(16)12-14)15-7-4-3-5-8-15;1-3-9-15(10-4-1)13-7-8-14-16-11-5-2-6-12-16;/h3-13H,1-2H3;1-14H;/q-1;;. The van der Waals surface area contributed by atoms with Crippen molar-refractivity contribution < 1.29 is 26.2 Å². The van der Waals surface area contributed by atoms with Crippen molar-refractivity contribution in [1.82, 2.24) is 0 Å². The van der Waals surface area contributed by atoms with Crippen LogP contribution in [0.3, 0.4) is 0 Å². The Hall–Kier alpha value is -3.06. The molecular formula is C34H31SiZr-. The fraction of sp³-hybridized carbons (Fsp3) is 0.0588. The van der Waals surface area contributed by atoms with Crippen LogP contribution in [0.2, 0.25) is 13.1 Å². The van der Waals surface area contributed by atoms with Gasteiger partial charge in [-0.05, 0) is 25.1 Å². The molecule has 0 atom stereocenters. The van der Waals surface area contributed by atoms with Gasteiger partial charge in [0, 0.05) is 26.2 Å². The Morgan fingerprint density at radius 3 is 1.67 bits per heavy atom. The zero-order valence-electron chi connectivity index (χ0n) is 20.9. The van der Waals surface area contributed by atoms with Crippen molar-refractivity contribution in [3.8, 4) is 11.1 Å². The largest absolute Gasteiger partial charge is 0.145 e. The van der Waals surface area contributed by atoms with E-state index in [1.54, 1.807) is 0 Å². The van der Waals surface area contributed by atoms with Crippen LogP contribution in [0.5, 0.6) is 0 Å². The van der Waals surface area contributed by atoms with Crippen molar-refractivity contribution in [2.75, 3.05) is 0 Å². The maximum Gasteiger partial charge on any atom is 0 e. The monoisotopic (exact) mass is 557 g/mol. The Bertz CT molecular complexity index is 1370. The molecule has 0 nitrogen and oxygen atoms in total. The average molecular weight is 559 g/mol. The molecule has 0 amide bonds. The van der Waals surface area contributed by atoms with Crippen LogP contribution in [0.1, 0.15) is 16.7 Å². The van der Waals surface area contributed by atoms with Gasteiger partial charge in [-0.1, -0.05) is 146 Å². The Balaban J connectivity index is 0.000000198. The molecule has 0 saturated heterocycles. The number of fused-ring (bicyclic) bond motifs is 1. The SMILES string of the molecule is C(C=Cc1ccccc1)=Cc1ccccc1.C[Si](C)=Cc1cc2c(-c3ccccc3)cccc2[cH-]1.[Zr]. The van der Waals surface area contributed by atoms with Gasteiger partial charge >= 0.3 is 0 Å². The summed E-state index contributed by atoms with van der Waals surface area (Å²) in [6, 6.07) is 42.4. The van der Waals surface area contributed by atoms with Crippen molar-refractivity contribution in [3.05, 3.63) is 150 Å². The fourth-order valence-corrected chi connectivity index (χ4v) is 4.84. The normalized spacial score (nSPS) is 10.6. The van der Waals surface area contributed by atoms with Crippen LogP contribution >= 0.6 is 0 Å². The van der Waals surface area contributed by atoms with Gasteiger partial charge in [-0.25, -0.2) is 0 Å². The van der Waals surface area contributed by atoms with Gasteiger partial charge in [0.15, 0.2) is 0 Å². The molecule has 2 heteroatoms. The second kappa shape index (κ2) is 14.5. The molecule has 0 saturated carbocycles. The third-order valence-corrected chi connectivity index (χ3v) is 6.51. The summed E-state index contributed by atoms with van der Waals surface area (Å²) in [5, 5.41) is 2.71. The van der Waals surface area contributed by atoms with Gasteiger partial charge in [0.25, 0.3) is 0 Å². The Kier molecular flexibility index (Phi) is 11.1. The van der Waals surface area contributed by atoms with Gasteiger partial charge in [0.1, 0.15) is 0 Å². The molecule has 0 bridgehead atoms. The molecular weight excluding hydrogens is 528 g/mol. The van der Waals surface area contributed by atoms with E-state index in [1.165, 1.54) is 38.6 Å². The van der Waals surface area contributed by atoms with Crippen LogP contribution in [0.4, 0.5) is 0 Å². The fourth-order valence-electron chi connectivity index (χ4n) is 4.01. The van der Waals surface area contributed by atoms with Crippen LogP contribution in [-0.2, 0) is 26.2 Å². The van der Waals surface area contributed by atoms with Crippen LogP contribution in [0.15, 0.2) is 133 Å². The second-order valence-corrected chi connectivity index (χ2v) is 11.2. The third kappa shape index (κ3) is 8.26. The first-order chi connectivity index (χ1) is 17.2. The summed E-state index contributed by atoms with van der Waals surface area (Å²) in [7, 11) is -0.336. The molecule has 5 aromatic rings. The summed E-state index contributed by atoms with van der Waals surface area (Å²) >= 11 is 0. The Morgan fingerprint density at radius 1 is 0.611 bits per heavy atom. The van der Waals surface area contributed by atoms with Gasteiger partial charge in [-0.3, -0.25) is 0 Å². The maximum atomic E-state index is 2.42. The van der Waals surface area contributed by atoms with Gasteiger partial charge in [-0.2, -0.15) is 0 Å². The molecule has 0 aromatic heterocycles. The van der Waals surface area contributed by atoms with E-state index in [9.17, 15) is 0 Å². The number of benzene rings is 4. The number of rotatable bonds is 5. The topological polar surface area (TPSA) is 0 Å². The van der Waals surface area contributed by atoms with Crippen LogP contribution in [-0.4, -0.2) is 14.1 Å². The quantitative estimate of drug-likeness (QED) is 0.115. The van der Waals surface area contributed by atoms with E-state index >= 15 is 0 Å². The summed E-state index contributed by atoms with van der Waals surface area (Å²) in [4.78, 5) is 0. The molecule has 0 heterocycles. The summed E-state index contributed by atoms with van der Waals surface area (Å²) in [6.45, 7) is 4.64. The molecule has 36 heavy (non-hydrogen) atoms. The van der Waals surface area contributed by atoms with E-state index < -0.39 is 0 Å². The van der Waals surface area contributed by atoms with E-state index in [0.717, 1.165) is 0 Å². The number of allylic oxidation sites excluding steroid dienone is 2. The Morgan fingerprint density at radius 2 is 1.14 bits per heavy atom. The summed E-state index contributed by atoms with van der Waals surface area (Å²) < 4.78 is 0. The van der Waals surface area contributed by atoms with E-state index in [4.69, 9.17) is 0 Å². The van der Waals surface area contributed by atoms with Crippen LogP contribution in [0.25, 0.3) is 34.1 Å². The maximum absolute atomic E-state index is 2.42. The molecule has 0 aliphatic carbocycles. The molecule has 176 valence electrons. The second-order valence-electron chi connectivity index (χ2n) is 8.72. The van der Waals surface area contributed by atoms with Gasteiger partial charge in [-0.15, -0.1) is 40.2 Å². The van der Waals surface area contributed by atoms with E-state index in [-0.39, 0.29) is 34.6 Å². The zero-order chi connectivity index (χ0) is 24.3. The third-order valence-electron chi connectivity index (χ3n) is 5.60. The molecule has 5 aromatic carbocycles. The van der Waals surface area contributed by atoms with Crippen molar-refractivity contribution in [2.24, 2.45) is 0 Å². The predicted octanol–water partition coefficient (Wildman–Crippen LogP) is 9.12. The minimum absolute atomic E-state index is 0. The summed E-state index contributed by atoms with van der Waals surface area (Å²) in [5.74, 6) is 0. The molecule has 5 rings (SSSR count). The molecule has 0 spiro atoms. The zero-order valence-corrected chi connectivity index (χ0v) is 24.4. The van der Waals surface area contributed by atoms with Crippen molar-refractivity contribution in [1.29, 1.82) is 0 Å². The number of hydrogen-bond donors (Lipinski definition) is 0. The van der Waals surface area contributed by atoms with Gasteiger partial charge in [0.05, 0.1) is 0 Å². The van der Waals surface area contributed by atoms with E-state index in [2.05, 4.69) is 128 Å². The van der Waals surface area contributed by atoms with Gasteiger partial charge in [0.2, 0.25) is 0 Å². The first-order valence-corrected chi connectivity index (χ1v) is 14.6. The first-order valence-electron chi connectivity index (χ1n) is 12.0. The Labute approximate surface area is 236 Å². The van der Waals surface area contributed by atoms with E-state index in [0.29, 0.717) is 0 Å². The minimum atomic E-state index is -0.336. The van der Waals surface area contributed by atoms with Crippen molar-refractivity contribution in [3.63, 3.8) is 0 Å². The minimum Gasteiger partial charge on any atom is -0.145 e. The summed E-state index contributed by atoms with van der Waals surface area (Å²) in [5.41, 5.74) is 8.86. The predicted molar refractivity (Wildman–Crippen MR) is 159 cm³/mol. The molecule has 0 N–H and O–H groups in total. The molecule has 0 aliphatic rings. The molecule has 0 unspecified atom stereocenters. The summed E-state index contributed by atoms with van der Waals surface area (Å²) in [6.07, 6.45) is 8.31. The molecule has 0 radical (unpaired) electrons. The molecule has 0 fully saturated rings. The van der Waals surface area contributed by atoms with Gasteiger partial charge < -0.3 is 0 Å². The average Bonchev–Trinajstić information content (AvgIpc) is 3.31. The molecule has 0 aliphatic heterocycles.